The van der Waals surface area contributed by atoms with Gasteiger partial charge in [0, 0.05) is 0 Å². The molecule has 0 rings (SSSR count). The molecule has 0 aliphatic heterocycles. The number of ether oxygens (including phenoxy) is 5. The summed E-state index contributed by atoms with van der Waals surface area (Å²) in [6.45, 7) is 4.63. The van der Waals surface area contributed by atoms with Crippen molar-refractivity contribution in [1.29, 1.82) is 5.53 Å². The van der Waals surface area contributed by atoms with Crippen molar-refractivity contribution >= 4 is 5.97 Å². The van der Waals surface area contributed by atoms with Crippen LogP contribution >= 0.6 is 0 Å². The zero-order valence-corrected chi connectivity index (χ0v) is 13.3. The van der Waals surface area contributed by atoms with E-state index < -0.39 is 5.97 Å². The first kappa shape index (κ1) is 21.6. The summed E-state index contributed by atoms with van der Waals surface area (Å²) >= 11 is 0. The zero-order chi connectivity index (χ0) is 17.0. The van der Waals surface area contributed by atoms with E-state index in [1.165, 1.54) is 0 Å². The zero-order valence-electron chi connectivity index (χ0n) is 13.3. The summed E-state index contributed by atoms with van der Waals surface area (Å²) in [4.78, 5) is 13.1. The number of carboxylic acid groups (broad SMARTS) is 1. The molecule has 0 bridgehead atoms. The predicted molar refractivity (Wildman–Crippen MR) is 78.5 cm³/mol. The fourth-order valence-electron chi connectivity index (χ4n) is 1.30. The molecule has 0 saturated carbocycles. The topological polar surface area (TPSA) is 134 Å². The van der Waals surface area contributed by atoms with Gasteiger partial charge in [-0.1, -0.05) is 0 Å². The first-order chi connectivity index (χ1) is 11.3. The van der Waals surface area contributed by atoms with E-state index >= 15 is 0 Å². The van der Waals surface area contributed by atoms with Gasteiger partial charge >= 0.3 is 5.97 Å². The van der Waals surface area contributed by atoms with E-state index in [1.807, 2.05) is 0 Å². The van der Waals surface area contributed by atoms with E-state index in [9.17, 15) is 4.79 Å². The highest BCUT2D eigenvalue weighted by Gasteiger charge is 1.96. The van der Waals surface area contributed by atoms with Gasteiger partial charge in [-0.3, -0.25) is 4.79 Å². The summed E-state index contributed by atoms with van der Waals surface area (Å²) < 4.78 is 26.1. The number of nitrogens with zero attached hydrogens (tertiary/aromatic N) is 2. The van der Waals surface area contributed by atoms with Crippen LogP contribution in [0.1, 0.15) is 6.42 Å². The van der Waals surface area contributed by atoms with E-state index in [-0.39, 0.29) is 13.0 Å². The first-order valence-electron chi connectivity index (χ1n) is 7.41. The maximum atomic E-state index is 10.2. The van der Waals surface area contributed by atoms with E-state index in [4.69, 9.17) is 34.3 Å². The number of rotatable bonds is 18. The lowest BCUT2D eigenvalue weighted by atomic mass is 10.5. The van der Waals surface area contributed by atoms with E-state index in [0.29, 0.717) is 66.0 Å². The standard InChI is InChI=1S/C13H25N3O7/c14-16-15-2-4-20-6-8-22-10-12-23-11-9-21-7-5-19-3-1-13(17)18/h14H,1-12H2/p+1. The van der Waals surface area contributed by atoms with Crippen molar-refractivity contribution in [3.05, 3.63) is 0 Å². The van der Waals surface area contributed by atoms with Crippen LogP contribution in [-0.2, 0) is 28.5 Å². The third-order valence-electron chi connectivity index (χ3n) is 2.35. The Labute approximate surface area is 135 Å². The number of nitrogens with one attached hydrogen (secondary N) is 1. The Morgan fingerprint density at radius 3 is 1.57 bits per heavy atom. The van der Waals surface area contributed by atoms with Gasteiger partial charge in [-0.25, -0.2) is 0 Å². The van der Waals surface area contributed by atoms with Crippen LogP contribution in [0.2, 0.25) is 0 Å². The largest absolute Gasteiger partial charge is 0.481 e. The minimum Gasteiger partial charge on any atom is -0.481 e. The second kappa shape index (κ2) is 18.6. The van der Waals surface area contributed by atoms with Crippen LogP contribution in [0.15, 0.2) is 5.11 Å². The van der Waals surface area contributed by atoms with Crippen molar-refractivity contribution in [2.75, 3.05) is 72.6 Å². The molecular weight excluding hydrogens is 310 g/mol. The van der Waals surface area contributed by atoms with Crippen LogP contribution in [0, 0.1) is 5.53 Å². The van der Waals surface area contributed by atoms with Crippen molar-refractivity contribution in [3.63, 3.8) is 0 Å². The van der Waals surface area contributed by atoms with Crippen molar-refractivity contribution in [2.45, 2.75) is 6.42 Å². The Morgan fingerprint density at radius 1 is 0.783 bits per heavy atom. The summed E-state index contributed by atoms with van der Waals surface area (Å²) in [6, 6.07) is 0. The van der Waals surface area contributed by atoms with Crippen LogP contribution in [0.25, 0.3) is 0 Å². The molecule has 0 aliphatic rings. The van der Waals surface area contributed by atoms with Crippen LogP contribution in [-0.4, -0.2) is 83.7 Å². The molecular formula is C13H26N3O7+. The molecule has 0 unspecified atom stereocenters. The molecule has 23 heavy (non-hydrogen) atoms. The molecule has 0 aromatic carbocycles. The molecule has 0 amide bonds. The molecule has 2 N–H and O–H groups in total. The monoisotopic (exact) mass is 336 g/mol. The maximum Gasteiger partial charge on any atom is 0.305 e. The lowest BCUT2D eigenvalue weighted by Gasteiger charge is -2.07. The Hall–Kier alpha value is -1.42. The third-order valence-corrected chi connectivity index (χ3v) is 2.35. The predicted octanol–water partition coefficient (Wildman–Crippen LogP) is 0.0945. The van der Waals surface area contributed by atoms with Crippen molar-refractivity contribution < 1.29 is 33.6 Å². The fraction of sp³-hybridized carbons (Fsp3) is 0.923. The fourth-order valence-corrected chi connectivity index (χ4v) is 1.30. The van der Waals surface area contributed by atoms with E-state index in [2.05, 4.69) is 10.0 Å². The van der Waals surface area contributed by atoms with Gasteiger partial charge in [-0.2, -0.15) is 0 Å². The molecule has 10 nitrogen and oxygen atoms in total. The van der Waals surface area contributed by atoms with Gasteiger partial charge in [-0.05, 0) is 0 Å². The molecule has 0 radical (unpaired) electrons. The maximum absolute atomic E-state index is 10.2. The van der Waals surface area contributed by atoms with Crippen LogP contribution in [0.4, 0.5) is 0 Å². The molecule has 0 aromatic rings. The van der Waals surface area contributed by atoms with Crippen molar-refractivity contribution in [1.82, 2.24) is 4.91 Å². The van der Waals surface area contributed by atoms with Gasteiger partial charge in [0.2, 0.25) is 4.91 Å². The molecule has 10 heteroatoms. The first-order valence-corrected chi connectivity index (χ1v) is 7.41. The summed E-state index contributed by atoms with van der Waals surface area (Å²) in [6.07, 6.45) is 0.00444. The molecule has 134 valence electrons. The molecule has 0 heterocycles. The number of hydrogen-bond donors (Lipinski definition) is 2. The molecule has 0 spiro atoms. The van der Waals surface area contributed by atoms with Crippen molar-refractivity contribution in [3.8, 4) is 0 Å². The summed E-state index contributed by atoms with van der Waals surface area (Å²) in [7, 11) is 0. The smallest absolute Gasteiger partial charge is 0.305 e. The molecule has 0 atom stereocenters. The Kier molecular flexibility index (Phi) is 17.5. The quantitative estimate of drug-likeness (QED) is 0.206. The van der Waals surface area contributed by atoms with Gasteiger partial charge in [0.15, 0.2) is 0 Å². The second-order valence-electron chi connectivity index (χ2n) is 4.17. The summed E-state index contributed by atoms with van der Waals surface area (Å²) in [5.41, 5.74) is 6.44. The SMILES string of the molecule is N=[N+]=NCCOCCOCCOCCOCCOCCC(=O)O. The van der Waals surface area contributed by atoms with Gasteiger partial charge in [0.25, 0.3) is 0 Å². The van der Waals surface area contributed by atoms with Crippen molar-refractivity contribution in [2.24, 2.45) is 5.11 Å². The number of carbonyl (C=O) groups is 1. The summed E-state index contributed by atoms with van der Waals surface area (Å²) in [5.74, 6) is -0.872. The van der Waals surface area contributed by atoms with Gasteiger partial charge < -0.3 is 28.8 Å². The lowest BCUT2D eigenvalue weighted by Crippen LogP contribution is -2.14. The minimum atomic E-state index is -0.872. The van der Waals surface area contributed by atoms with Crippen LogP contribution in [0.3, 0.4) is 0 Å². The highest BCUT2D eigenvalue weighted by Crippen LogP contribution is 1.85. The van der Waals surface area contributed by atoms with E-state index in [1.54, 1.807) is 0 Å². The van der Waals surface area contributed by atoms with Gasteiger partial charge in [-0.15, -0.1) is 0 Å². The Bertz CT molecular complexity index is 309. The summed E-state index contributed by atoms with van der Waals surface area (Å²) in [5, 5.41) is 11.8. The highest BCUT2D eigenvalue weighted by atomic mass is 16.6. The highest BCUT2D eigenvalue weighted by molar-refractivity contribution is 5.66. The molecule has 0 saturated heterocycles. The minimum absolute atomic E-state index is 0.00444. The average Bonchev–Trinajstić information content (AvgIpc) is 2.53. The molecule has 0 fully saturated rings. The van der Waals surface area contributed by atoms with Crippen LogP contribution in [0.5, 0.6) is 0 Å². The number of carboxylic acids is 1. The van der Waals surface area contributed by atoms with E-state index in [0.717, 1.165) is 0 Å². The Morgan fingerprint density at radius 2 is 1.17 bits per heavy atom. The average molecular weight is 336 g/mol. The Balaban J connectivity index is 3.00. The van der Waals surface area contributed by atoms with Gasteiger partial charge in [0.05, 0.1) is 72.5 Å². The lowest BCUT2D eigenvalue weighted by molar-refractivity contribution is -0.138. The number of aliphatic carboxylic acids is 1. The van der Waals surface area contributed by atoms with Gasteiger partial charge in [0.1, 0.15) is 17.2 Å². The molecule has 0 aromatic heterocycles. The van der Waals surface area contributed by atoms with Crippen LogP contribution < -0.4 is 4.91 Å². The third kappa shape index (κ3) is 20.6. The number of hydrogen-bond acceptors (Lipinski definition) is 8. The normalized spacial score (nSPS) is 10.4. The second-order valence-corrected chi connectivity index (χ2v) is 4.17. The molecule has 0 aliphatic carbocycles.